The summed E-state index contributed by atoms with van der Waals surface area (Å²) in [5.74, 6) is 0. The van der Waals surface area contributed by atoms with E-state index in [0.717, 1.165) is 31.0 Å². The lowest BCUT2D eigenvalue weighted by Crippen LogP contribution is -2.20. The number of nitrogens with two attached hydrogens (primary N) is 1. The van der Waals surface area contributed by atoms with E-state index in [1.807, 2.05) is 19.2 Å². The van der Waals surface area contributed by atoms with E-state index in [2.05, 4.69) is 23.0 Å². The van der Waals surface area contributed by atoms with Gasteiger partial charge >= 0.3 is 0 Å². The number of aromatic nitrogens is 1. The number of anilines is 1. The third-order valence-electron chi connectivity index (χ3n) is 2.52. The lowest BCUT2D eigenvalue weighted by Gasteiger charge is -2.19. The Morgan fingerprint density at radius 3 is 2.75 bits per heavy atom. The fourth-order valence-electron chi connectivity index (χ4n) is 1.47. The van der Waals surface area contributed by atoms with Gasteiger partial charge in [0, 0.05) is 33.4 Å². The second-order valence-electron chi connectivity index (χ2n) is 4.00. The Bertz CT molecular complexity index is 298. The highest BCUT2D eigenvalue weighted by atomic mass is 16.5. The van der Waals surface area contributed by atoms with Crippen molar-refractivity contribution in [2.75, 3.05) is 32.2 Å². The van der Waals surface area contributed by atoms with Crippen LogP contribution >= 0.6 is 0 Å². The number of rotatable bonds is 6. The van der Waals surface area contributed by atoms with Crippen molar-refractivity contribution < 1.29 is 4.74 Å². The van der Waals surface area contributed by atoms with E-state index in [9.17, 15) is 0 Å². The van der Waals surface area contributed by atoms with Gasteiger partial charge in [0.15, 0.2) is 0 Å². The van der Waals surface area contributed by atoms with E-state index in [4.69, 9.17) is 10.5 Å². The molecule has 0 aliphatic heterocycles. The Hall–Kier alpha value is -1.13. The van der Waals surface area contributed by atoms with Crippen LogP contribution in [0.3, 0.4) is 0 Å². The summed E-state index contributed by atoms with van der Waals surface area (Å²) >= 11 is 0. The Morgan fingerprint density at radius 2 is 2.25 bits per heavy atom. The molecular formula is C12H21N3O. The highest BCUT2D eigenvalue weighted by molar-refractivity contribution is 5.43. The summed E-state index contributed by atoms with van der Waals surface area (Å²) < 4.78 is 5.02. The predicted octanol–water partition coefficient (Wildman–Crippen LogP) is 1.57. The molecule has 1 heterocycles. The molecule has 1 aromatic rings. The first-order chi connectivity index (χ1) is 7.65. The molecule has 0 amide bonds. The lowest BCUT2D eigenvalue weighted by molar-refractivity contribution is 0.196. The molecule has 4 nitrogen and oxygen atoms in total. The third kappa shape index (κ3) is 3.79. The van der Waals surface area contributed by atoms with Crippen molar-refractivity contribution in [2.24, 2.45) is 5.73 Å². The lowest BCUT2D eigenvalue weighted by atomic mass is 10.2. The summed E-state index contributed by atoms with van der Waals surface area (Å²) in [4.78, 5) is 6.49. The van der Waals surface area contributed by atoms with Crippen LogP contribution in [0, 0.1) is 0 Å². The molecule has 90 valence electrons. The van der Waals surface area contributed by atoms with Gasteiger partial charge in [-0.15, -0.1) is 0 Å². The second-order valence-corrected chi connectivity index (χ2v) is 4.00. The van der Waals surface area contributed by atoms with Gasteiger partial charge in [-0.2, -0.15) is 0 Å². The van der Waals surface area contributed by atoms with E-state index in [-0.39, 0.29) is 6.04 Å². The first-order valence-electron chi connectivity index (χ1n) is 5.56. The molecule has 0 radical (unpaired) electrons. The number of pyridine rings is 1. The minimum Gasteiger partial charge on any atom is -0.385 e. The highest BCUT2D eigenvalue weighted by Crippen LogP contribution is 2.14. The van der Waals surface area contributed by atoms with Gasteiger partial charge < -0.3 is 15.4 Å². The van der Waals surface area contributed by atoms with Crippen LogP contribution in [-0.4, -0.2) is 32.3 Å². The molecule has 0 spiro atoms. The molecule has 0 unspecified atom stereocenters. The van der Waals surface area contributed by atoms with Crippen molar-refractivity contribution in [1.29, 1.82) is 0 Å². The largest absolute Gasteiger partial charge is 0.385 e. The average Bonchev–Trinajstić information content (AvgIpc) is 2.29. The van der Waals surface area contributed by atoms with Crippen LogP contribution in [0.15, 0.2) is 18.3 Å². The molecule has 0 aliphatic carbocycles. The van der Waals surface area contributed by atoms with Crippen LogP contribution in [0.25, 0.3) is 0 Å². The van der Waals surface area contributed by atoms with E-state index in [0.29, 0.717) is 0 Å². The second kappa shape index (κ2) is 6.45. The van der Waals surface area contributed by atoms with Crippen LogP contribution < -0.4 is 10.6 Å². The maximum atomic E-state index is 5.75. The summed E-state index contributed by atoms with van der Waals surface area (Å²) in [6, 6.07) is 4.03. The zero-order valence-corrected chi connectivity index (χ0v) is 10.3. The molecule has 0 saturated carbocycles. The smallest absolute Gasteiger partial charge is 0.0569 e. The van der Waals surface area contributed by atoms with Gasteiger partial charge in [-0.1, -0.05) is 0 Å². The van der Waals surface area contributed by atoms with Gasteiger partial charge in [-0.3, -0.25) is 4.98 Å². The van der Waals surface area contributed by atoms with E-state index in [1.165, 1.54) is 0 Å². The van der Waals surface area contributed by atoms with E-state index < -0.39 is 0 Å². The fraction of sp³-hybridized carbons (Fsp3) is 0.583. The molecule has 2 N–H and O–H groups in total. The predicted molar refractivity (Wildman–Crippen MR) is 66.6 cm³/mol. The molecular weight excluding hydrogens is 202 g/mol. The summed E-state index contributed by atoms with van der Waals surface area (Å²) in [6.45, 7) is 3.69. The van der Waals surface area contributed by atoms with Gasteiger partial charge in [-0.05, 0) is 25.5 Å². The Balaban J connectivity index is 2.52. The van der Waals surface area contributed by atoms with Crippen molar-refractivity contribution in [1.82, 2.24) is 4.98 Å². The van der Waals surface area contributed by atoms with Crippen molar-refractivity contribution in [3.8, 4) is 0 Å². The molecule has 1 rings (SSSR count). The van der Waals surface area contributed by atoms with E-state index in [1.54, 1.807) is 7.11 Å². The van der Waals surface area contributed by atoms with Gasteiger partial charge in [0.05, 0.1) is 17.6 Å². The zero-order valence-electron chi connectivity index (χ0n) is 10.3. The molecule has 4 heteroatoms. The fourth-order valence-corrected chi connectivity index (χ4v) is 1.47. The first-order valence-corrected chi connectivity index (χ1v) is 5.56. The number of ether oxygens (including phenoxy) is 1. The maximum Gasteiger partial charge on any atom is 0.0569 e. The van der Waals surface area contributed by atoms with E-state index >= 15 is 0 Å². The minimum absolute atomic E-state index is 0.00662. The maximum absolute atomic E-state index is 5.75. The van der Waals surface area contributed by atoms with Gasteiger partial charge in [0.1, 0.15) is 0 Å². The van der Waals surface area contributed by atoms with Gasteiger partial charge in [0.2, 0.25) is 0 Å². The van der Waals surface area contributed by atoms with Crippen molar-refractivity contribution >= 4 is 5.69 Å². The highest BCUT2D eigenvalue weighted by Gasteiger charge is 2.03. The molecule has 0 fully saturated rings. The molecule has 1 aromatic heterocycles. The quantitative estimate of drug-likeness (QED) is 0.744. The van der Waals surface area contributed by atoms with Crippen LogP contribution in [-0.2, 0) is 4.74 Å². The van der Waals surface area contributed by atoms with Crippen LogP contribution in [0.1, 0.15) is 25.1 Å². The van der Waals surface area contributed by atoms with Gasteiger partial charge in [-0.25, -0.2) is 0 Å². The molecule has 0 aliphatic rings. The van der Waals surface area contributed by atoms with Gasteiger partial charge in [0.25, 0.3) is 0 Å². The van der Waals surface area contributed by atoms with Crippen LogP contribution in [0.2, 0.25) is 0 Å². The first kappa shape index (κ1) is 12.9. The average molecular weight is 223 g/mol. The van der Waals surface area contributed by atoms with Crippen LogP contribution in [0.4, 0.5) is 5.69 Å². The molecule has 1 atom stereocenters. The summed E-state index contributed by atoms with van der Waals surface area (Å²) in [5, 5.41) is 0. The topological polar surface area (TPSA) is 51.4 Å². The molecule has 0 saturated heterocycles. The standard InChI is InChI=1S/C12H21N3O/c1-10(13)12-6-5-11(9-14-12)15(2)7-4-8-16-3/h5-6,9-10H,4,7-8,13H2,1-3H3/t10-/m0/s1. The number of hydrogen-bond donors (Lipinski definition) is 1. The number of methoxy groups -OCH3 is 1. The van der Waals surface area contributed by atoms with Crippen molar-refractivity contribution in [3.63, 3.8) is 0 Å². The number of hydrogen-bond acceptors (Lipinski definition) is 4. The summed E-state index contributed by atoms with van der Waals surface area (Å²) in [7, 11) is 3.78. The number of nitrogens with zero attached hydrogens (tertiary/aromatic N) is 2. The normalized spacial score (nSPS) is 12.5. The molecule has 0 bridgehead atoms. The SMILES string of the molecule is COCCCN(C)c1ccc([C@H](C)N)nc1. The Kier molecular flexibility index (Phi) is 5.22. The van der Waals surface area contributed by atoms with Crippen molar-refractivity contribution in [2.45, 2.75) is 19.4 Å². The summed E-state index contributed by atoms with van der Waals surface area (Å²) in [5.41, 5.74) is 7.78. The third-order valence-corrected chi connectivity index (χ3v) is 2.52. The molecule has 16 heavy (non-hydrogen) atoms. The van der Waals surface area contributed by atoms with Crippen molar-refractivity contribution in [3.05, 3.63) is 24.0 Å². The Labute approximate surface area is 97.4 Å². The Morgan fingerprint density at radius 1 is 1.50 bits per heavy atom. The molecule has 0 aromatic carbocycles. The van der Waals surface area contributed by atoms with Crippen LogP contribution in [0.5, 0.6) is 0 Å². The monoisotopic (exact) mass is 223 g/mol. The summed E-state index contributed by atoms with van der Waals surface area (Å²) in [6.07, 6.45) is 2.88. The zero-order chi connectivity index (χ0) is 12.0. The minimum atomic E-state index is -0.00662.